The van der Waals surface area contributed by atoms with Gasteiger partial charge in [-0.3, -0.25) is 9.59 Å². The molecule has 1 fully saturated rings. The molecule has 4 rings (SSSR count). The molecule has 1 aromatic carbocycles. The molecule has 1 aliphatic heterocycles. The number of benzene rings is 1. The first-order chi connectivity index (χ1) is 13.0. The van der Waals surface area contributed by atoms with Crippen molar-refractivity contribution in [1.82, 2.24) is 4.57 Å². The Labute approximate surface area is 158 Å². The number of fused-ring (bicyclic) bond motifs is 1. The van der Waals surface area contributed by atoms with Crippen molar-refractivity contribution in [2.45, 2.75) is 39.3 Å². The minimum atomic E-state index is -0.261. The number of Topliss-reactive ketones (excluding diaryl/α,β-unsaturated/α-hetero) is 1. The van der Waals surface area contributed by atoms with E-state index in [1.54, 1.807) is 0 Å². The number of aromatic nitrogens is 1. The van der Waals surface area contributed by atoms with Gasteiger partial charge >= 0.3 is 5.97 Å². The number of carbonyl (C=O) groups is 2. The number of para-hydroxylation sites is 2. The third-order valence-electron chi connectivity index (χ3n) is 5.08. The number of carbonyl (C=O) groups excluding carboxylic acids is 2. The zero-order chi connectivity index (χ0) is 19.0. The topological polar surface area (TPSA) is 66.8 Å². The summed E-state index contributed by atoms with van der Waals surface area (Å²) in [7, 11) is 0. The van der Waals surface area contributed by atoms with E-state index in [9.17, 15) is 9.59 Å². The molecule has 27 heavy (non-hydrogen) atoms. The summed E-state index contributed by atoms with van der Waals surface area (Å²) in [4.78, 5) is 24.1. The molecule has 2 aromatic rings. The maximum atomic E-state index is 12.5. The molecular weight excluding hydrogens is 346 g/mol. The van der Waals surface area contributed by atoms with Crippen LogP contribution in [0, 0.1) is 19.8 Å². The summed E-state index contributed by atoms with van der Waals surface area (Å²) < 4.78 is 19.0. The Bertz CT molecular complexity index is 881. The van der Waals surface area contributed by atoms with Gasteiger partial charge in [0.15, 0.2) is 24.2 Å². The molecule has 1 aromatic heterocycles. The van der Waals surface area contributed by atoms with Crippen LogP contribution in [0.3, 0.4) is 0 Å². The number of hydrogen-bond acceptors (Lipinski definition) is 5. The summed E-state index contributed by atoms with van der Waals surface area (Å²) in [5, 5.41) is 0. The molecule has 0 amide bonds. The molecule has 0 radical (unpaired) electrons. The van der Waals surface area contributed by atoms with Crippen LogP contribution >= 0.6 is 0 Å². The van der Waals surface area contributed by atoms with E-state index in [0.717, 1.165) is 35.7 Å². The van der Waals surface area contributed by atoms with E-state index in [1.807, 2.05) is 44.2 Å². The minimum Gasteiger partial charge on any atom is -0.486 e. The number of hydrogen-bond donors (Lipinski definition) is 0. The Morgan fingerprint density at radius 2 is 1.93 bits per heavy atom. The van der Waals surface area contributed by atoms with Crippen molar-refractivity contribution in [3.63, 3.8) is 0 Å². The molecule has 1 atom stereocenters. The predicted molar refractivity (Wildman–Crippen MR) is 98.3 cm³/mol. The lowest BCUT2D eigenvalue weighted by Crippen LogP contribution is -2.33. The maximum absolute atomic E-state index is 12.5. The third-order valence-corrected chi connectivity index (χ3v) is 5.08. The van der Waals surface area contributed by atoms with Gasteiger partial charge in [-0.2, -0.15) is 0 Å². The smallest absolute Gasteiger partial charge is 0.309 e. The Balaban J connectivity index is 1.43. The van der Waals surface area contributed by atoms with Crippen LogP contribution < -0.4 is 9.47 Å². The average Bonchev–Trinajstić information content (AvgIpc) is 3.48. The number of nitrogens with zero attached hydrogens (tertiary/aromatic N) is 1. The van der Waals surface area contributed by atoms with Crippen LogP contribution in [-0.4, -0.2) is 35.6 Å². The van der Waals surface area contributed by atoms with Gasteiger partial charge in [0.25, 0.3) is 0 Å². The van der Waals surface area contributed by atoms with Crippen LogP contribution in [0.25, 0.3) is 0 Å². The predicted octanol–water partition coefficient (Wildman–Crippen LogP) is 3.08. The first-order valence-electron chi connectivity index (χ1n) is 9.28. The number of ketones is 1. The van der Waals surface area contributed by atoms with Crippen LogP contribution in [-0.2, 0) is 16.1 Å². The molecule has 6 nitrogen and oxygen atoms in total. The molecule has 1 aliphatic carbocycles. The van der Waals surface area contributed by atoms with Gasteiger partial charge in [-0.05, 0) is 44.9 Å². The summed E-state index contributed by atoms with van der Waals surface area (Å²) in [5.41, 5.74) is 2.41. The maximum Gasteiger partial charge on any atom is 0.309 e. The highest BCUT2D eigenvalue weighted by atomic mass is 16.6. The van der Waals surface area contributed by atoms with E-state index in [4.69, 9.17) is 14.2 Å². The summed E-state index contributed by atoms with van der Waals surface area (Å²) in [6.45, 7) is 4.70. The quantitative estimate of drug-likeness (QED) is 0.578. The van der Waals surface area contributed by atoms with E-state index >= 15 is 0 Å². The highest BCUT2D eigenvalue weighted by molar-refractivity contribution is 5.99. The van der Waals surface area contributed by atoms with Gasteiger partial charge in [0.05, 0.1) is 12.5 Å². The minimum absolute atomic E-state index is 0.00319. The lowest BCUT2D eigenvalue weighted by molar-refractivity contribution is -0.144. The Morgan fingerprint density at radius 3 is 2.67 bits per heavy atom. The molecule has 0 spiro atoms. The zero-order valence-electron chi connectivity index (χ0n) is 15.6. The van der Waals surface area contributed by atoms with Gasteiger partial charge in [0.1, 0.15) is 6.61 Å². The molecule has 2 heterocycles. The largest absolute Gasteiger partial charge is 0.486 e. The molecule has 6 heteroatoms. The van der Waals surface area contributed by atoms with E-state index in [2.05, 4.69) is 4.57 Å². The SMILES string of the molecule is Cc1cc(C(=O)COC(=O)C2CC2)c(C)n1C[C@H]1COc2ccccc2O1. The number of ether oxygens (including phenoxy) is 3. The van der Waals surface area contributed by atoms with Crippen molar-refractivity contribution in [2.24, 2.45) is 5.92 Å². The molecule has 0 saturated heterocycles. The van der Waals surface area contributed by atoms with Crippen LogP contribution in [0.15, 0.2) is 30.3 Å². The fraction of sp³-hybridized carbons (Fsp3) is 0.429. The van der Waals surface area contributed by atoms with E-state index in [-0.39, 0.29) is 30.4 Å². The highest BCUT2D eigenvalue weighted by Crippen LogP contribution is 2.32. The van der Waals surface area contributed by atoms with Crippen molar-refractivity contribution in [3.05, 3.63) is 47.3 Å². The lowest BCUT2D eigenvalue weighted by atomic mass is 10.1. The number of esters is 1. The van der Waals surface area contributed by atoms with Crippen molar-refractivity contribution in [3.8, 4) is 11.5 Å². The first kappa shape index (κ1) is 17.6. The molecule has 0 bridgehead atoms. The van der Waals surface area contributed by atoms with Gasteiger partial charge in [0.2, 0.25) is 5.78 Å². The van der Waals surface area contributed by atoms with Gasteiger partial charge in [0, 0.05) is 17.0 Å². The summed E-state index contributed by atoms with van der Waals surface area (Å²) in [6, 6.07) is 9.45. The van der Waals surface area contributed by atoms with Crippen LogP contribution in [0.1, 0.15) is 34.6 Å². The van der Waals surface area contributed by atoms with Gasteiger partial charge in [-0.15, -0.1) is 0 Å². The zero-order valence-corrected chi connectivity index (χ0v) is 15.6. The van der Waals surface area contributed by atoms with Gasteiger partial charge in [-0.1, -0.05) is 12.1 Å². The van der Waals surface area contributed by atoms with Crippen LogP contribution in [0.5, 0.6) is 11.5 Å². The average molecular weight is 369 g/mol. The molecule has 1 saturated carbocycles. The van der Waals surface area contributed by atoms with Crippen molar-refractivity contribution >= 4 is 11.8 Å². The summed E-state index contributed by atoms with van der Waals surface area (Å²) >= 11 is 0. The molecule has 2 aliphatic rings. The summed E-state index contributed by atoms with van der Waals surface area (Å²) in [6.07, 6.45) is 1.60. The van der Waals surface area contributed by atoms with E-state index in [1.165, 1.54) is 0 Å². The molecule has 0 N–H and O–H groups in total. The van der Waals surface area contributed by atoms with Gasteiger partial charge < -0.3 is 18.8 Å². The standard InChI is InChI=1S/C21H23NO5/c1-13-9-17(18(23)12-26-21(24)15-7-8-15)14(2)22(13)10-16-11-25-19-5-3-4-6-20(19)27-16/h3-6,9,15-16H,7-8,10-12H2,1-2H3/t16-/m0/s1. The Kier molecular flexibility index (Phi) is 4.64. The third kappa shape index (κ3) is 3.70. The fourth-order valence-electron chi connectivity index (χ4n) is 3.37. The fourth-order valence-corrected chi connectivity index (χ4v) is 3.37. The Morgan fingerprint density at radius 1 is 1.19 bits per heavy atom. The summed E-state index contributed by atoms with van der Waals surface area (Å²) in [5.74, 6) is 1.05. The number of rotatable bonds is 6. The second-order valence-electron chi connectivity index (χ2n) is 7.20. The van der Waals surface area contributed by atoms with Crippen LogP contribution in [0.2, 0.25) is 0 Å². The van der Waals surface area contributed by atoms with Crippen molar-refractivity contribution in [1.29, 1.82) is 0 Å². The molecule has 142 valence electrons. The van der Waals surface area contributed by atoms with E-state index in [0.29, 0.717) is 18.7 Å². The molecular formula is C21H23NO5. The highest BCUT2D eigenvalue weighted by Gasteiger charge is 2.32. The van der Waals surface area contributed by atoms with Crippen molar-refractivity contribution in [2.75, 3.05) is 13.2 Å². The monoisotopic (exact) mass is 369 g/mol. The second-order valence-corrected chi connectivity index (χ2v) is 7.20. The number of aryl methyl sites for hydroxylation is 1. The molecule has 0 unspecified atom stereocenters. The van der Waals surface area contributed by atoms with Crippen LogP contribution in [0.4, 0.5) is 0 Å². The van der Waals surface area contributed by atoms with Crippen molar-refractivity contribution < 1.29 is 23.8 Å². The first-order valence-corrected chi connectivity index (χ1v) is 9.28. The lowest BCUT2D eigenvalue weighted by Gasteiger charge is -2.27. The Hall–Kier alpha value is -2.76. The normalized spacial score (nSPS) is 18.2. The van der Waals surface area contributed by atoms with E-state index < -0.39 is 0 Å². The second kappa shape index (κ2) is 7.10. The van der Waals surface area contributed by atoms with Gasteiger partial charge in [-0.25, -0.2) is 0 Å².